The highest BCUT2D eigenvalue weighted by molar-refractivity contribution is 5.76. The van der Waals surface area contributed by atoms with Gasteiger partial charge in [-0.3, -0.25) is 9.78 Å². The van der Waals surface area contributed by atoms with Crippen LogP contribution in [0.2, 0.25) is 0 Å². The Labute approximate surface area is 114 Å². The number of ether oxygens (including phenoxy) is 1. The summed E-state index contributed by atoms with van der Waals surface area (Å²) < 4.78 is 5.89. The number of nitrogens with zero attached hydrogens (tertiary/aromatic N) is 2. The van der Waals surface area contributed by atoms with Gasteiger partial charge in [0.25, 0.3) is 0 Å². The standard InChI is InChI=1S/C15H20N2O2/c1-2-3-6-15(18)17-11-4-5-14(12-17)19-13-7-9-16-10-8-13/h2,7-10,14H,1,3-6,11-12H2. The van der Waals surface area contributed by atoms with Crippen LogP contribution in [0.25, 0.3) is 0 Å². The Kier molecular flexibility index (Phi) is 4.95. The van der Waals surface area contributed by atoms with Crippen molar-refractivity contribution in [1.29, 1.82) is 0 Å². The van der Waals surface area contributed by atoms with Crippen molar-refractivity contribution in [3.8, 4) is 5.75 Å². The van der Waals surface area contributed by atoms with Crippen LogP contribution in [0.15, 0.2) is 37.2 Å². The fourth-order valence-corrected chi connectivity index (χ4v) is 2.25. The van der Waals surface area contributed by atoms with Crippen molar-refractivity contribution in [1.82, 2.24) is 9.88 Å². The van der Waals surface area contributed by atoms with Gasteiger partial charge in [-0.1, -0.05) is 6.08 Å². The number of amides is 1. The summed E-state index contributed by atoms with van der Waals surface area (Å²) in [6.45, 7) is 5.17. The van der Waals surface area contributed by atoms with Gasteiger partial charge in [-0.25, -0.2) is 0 Å². The molecule has 1 fully saturated rings. The van der Waals surface area contributed by atoms with Gasteiger partial charge in [-0.05, 0) is 31.4 Å². The van der Waals surface area contributed by atoms with Gasteiger partial charge in [0.1, 0.15) is 11.9 Å². The van der Waals surface area contributed by atoms with E-state index in [1.165, 1.54) is 0 Å². The van der Waals surface area contributed by atoms with Crippen LogP contribution in [0, 0.1) is 0 Å². The monoisotopic (exact) mass is 260 g/mol. The number of pyridine rings is 1. The summed E-state index contributed by atoms with van der Waals surface area (Å²) in [5, 5.41) is 0. The molecule has 2 rings (SSSR count). The number of likely N-dealkylation sites (tertiary alicyclic amines) is 1. The van der Waals surface area contributed by atoms with E-state index in [4.69, 9.17) is 4.74 Å². The van der Waals surface area contributed by atoms with Crippen molar-refractivity contribution >= 4 is 5.91 Å². The molecule has 4 heteroatoms. The second-order valence-corrected chi connectivity index (χ2v) is 4.73. The molecular formula is C15H20N2O2. The van der Waals surface area contributed by atoms with E-state index < -0.39 is 0 Å². The number of rotatable bonds is 5. The SMILES string of the molecule is C=CCCC(=O)N1CCCC(Oc2ccncc2)C1. The normalized spacial score (nSPS) is 18.9. The van der Waals surface area contributed by atoms with Gasteiger partial charge in [0, 0.05) is 25.4 Å². The minimum absolute atomic E-state index is 0.0869. The Morgan fingerprint density at radius 1 is 1.53 bits per heavy atom. The summed E-state index contributed by atoms with van der Waals surface area (Å²) >= 11 is 0. The number of carbonyl (C=O) groups excluding carboxylic acids is 1. The van der Waals surface area contributed by atoms with Crippen LogP contribution in [-0.4, -0.2) is 35.0 Å². The Morgan fingerprint density at radius 2 is 2.32 bits per heavy atom. The fraction of sp³-hybridized carbons (Fsp3) is 0.467. The minimum Gasteiger partial charge on any atom is -0.488 e. The summed E-state index contributed by atoms with van der Waals surface area (Å²) in [6.07, 6.45) is 8.58. The molecule has 1 aliphatic rings. The summed E-state index contributed by atoms with van der Waals surface area (Å²) in [6, 6.07) is 3.69. The summed E-state index contributed by atoms with van der Waals surface area (Å²) in [5.41, 5.74) is 0. The molecule has 2 heterocycles. The van der Waals surface area contributed by atoms with Crippen LogP contribution >= 0.6 is 0 Å². The second-order valence-electron chi connectivity index (χ2n) is 4.73. The molecule has 0 aliphatic carbocycles. The zero-order valence-corrected chi connectivity index (χ0v) is 11.1. The molecular weight excluding hydrogens is 240 g/mol. The predicted molar refractivity (Wildman–Crippen MR) is 73.9 cm³/mol. The molecule has 1 aromatic rings. The highest BCUT2D eigenvalue weighted by Gasteiger charge is 2.24. The first-order valence-electron chi connectivity index (χ1n) is 6.75. The molecule has 4 nitrogen and oxygen atoms in total. The van der Waals surface area contributed by atoms with Crippen molar-refractivity contribution in [3.63, 3.8) is 0 Å². The van der Waals surface area contributed by atoms with Crippen LogP contribution in [0.3, 0.4) is 0 Å². The first kappa shape index (κ1) is 13.6. The minimum atomic E-state index is 0.0869. The lowest BCUT2D eigenvalue weighted by molar-refractivity contribution is -0.133. The average molecular weight is 260 g/mol. The van der Waals surface area contributed by atoms with E-state index in [1.807, 2.05) is 17.0 Å². The van der Waals surface area contributed by atoms with Gasteiger partial charge >= 0.3 is 0 Å². The maximum absolute atomic E-state index is 12.0. The van der Waals surface area contributed by atoms with Crippen LogP contribution in [0.4, 0.5) is 0 Å². The molecule has 1 unspecified atom stereocenters. The number of aromatic nitrogens is 1. The zero-order chi connectivity index (χ0) is 13.5. The highest BCUT2D eigenvalue weighted by Crippen LogP contribution is 2.18. The summed E-state index contributed by atoms with van der Waals surface area (Å²) in [4.78, 5) is 17.8. The summed E-state index contributed by atoms with van der Waals surface area (Å²) in [7, 11) is 0. The molecule has 1 aliphatic heterocycles. The highest BCUT2D eigenvalue weighted by atomic mass is 16.5. The van der Waals surface area contributed by atoms with E-state index in [9.17, 15) is 4.79 Å². The van der Waals surface area contributed by atoms with Gasteiger partial charge in [0.2, 0.25) is 5.91 Å². The van der Waals surface area contributed by atoms with Crippen molar-refractivity contribution < 1.29 is 9.53 Å². The van der Waals surface area contributed by atoms with Gasteiger partial charge in [0.15, 0.2) is 0 Å². The summed E-state index contributed by atoms with van der Waals surface area (Å²) in [5.74, 6) is 1.02. The molecule has 0 aromatic carbocycles. The van der Waals surface area contributed by atoms with E-state index >= 15 is 0 Å². The van der Waals surface area contributed by atoms with Crippen LogP contribution in [-0.2, 0) is 4.79 Å². The van der Waals surface area contributed by atoms with Crippen LogP contribution in [0.5, 0.6) is 5.75 Å². The van der Waals surface area contributed by atoms with Gasteiger partial charge in [-0.2, -0.15) is 0 Å². The first-order chi connectivity index (χ1) is 9.29. The van der Waals surface area contributed by atoms with Crippen molar-refractivity contribution in [2.45, 2.75) is 31.8 Å². The van der Waals surface area contributed by atoms with E-state index in [-0.39, 0.29) is 12.0 Å². The third-order valence-corrected chi connectivity index (χ3v) is 3.25. The molecule has 1 amide bonds. The van der Waals surface area contributed by atoms with Gasteiger partial charge in [0.05, 0.1) is 6.54 Å². The van der Waals surface area contributed by atoms with Crippen molar-refractivity contribution in [2.75, 3.05) is 13.1 Å². The van der Waals surface area contributed by atoms with E-state index in [1.54, 1.807) is 18.5 Å². The maximum Gasteiger partial charge on any atom is 0.223 e. The van der Waals surface area contributed by atoms with Gasteiger partial charge < -0.3 is 9.64 Å². The second kappa shape index (κ2) is 6.92. The van der Waals surface area contributed by atoms with Crippen molar-refractivity contribution in [3.05, 3.63) is 37.2 Å². The fourth-order valence-electron chi connectivity index (χ4n) is 2.25. The number of hydrogen-bond acceptors (Lipinski definition) is 3. The van der Waals surface area contributed by atoms with Crippen LogP contribution < -0.4 is 4.74 Å². The molecule has 1 atom stereocenters. The molecule has 19 heavy (non-hydrogen) atoms. The molecule has 0 spiro atoms. The van der Waals surface area contributed by atoms with Crippen molar-refractivity contribution in [2.24, 2.45) is 0 Å². The Hall–Kier alpha value is -1.84. The molecule has 0 saturated carbocycles. The van der Waals surface area contributed by atoms with Crippen LogP contribution in [0.1, 0.15) is 25.7 Å². The number of allylic oxidation sites excluding steroid dienone is 1. The lowest BCUT2D eigenvalue weighted by atomic mass is 10.1. The Balaban J connectivity index is 1.86. The third-order valence-electron chi connectivity index (χ3n) is 3.25. The van der Waals surface area contributed by atoms with Gasteiger partial charge in [-0.15, -0.1) is 6.58 Å². The molecule has 0 N–H and O–H groups in total. The molecule has 0 radical (unpaired) electrons. The molecule has 102 valence electrons. The largest absolute Gasteiger partial charge is 0.488 e. The predicted octanol–water partition coefficient (Wildman–Crippen LogP) is 2.42. The van der Waals surface area contributed by atoms with E-state index in [0.29, 0.717) is 13.0 Å². The smallest absolute Gasteiger partial charge is 0.223 e. The molecule has 0 bridgehead atoms. The molecule has 1 saturated heterocycles. The number of piperidine rings is 1. The van der Waals surface area contributed by atoms with E-state index in [2.05, 4.69) is 11.6 Å². The topological polar surface area (TPSA) is 42.4 Å². The zero-order valence-electron chi connectivity index (χ0n) is 11.1. The Morgan fingerprint density at radius 3 is 3.05 bits per heavy atom. The maximum atomic E-state index is 12.0. The number of hydrogen-bond donors (Lipinski definition) is 0. The average Bonchev–Trinajstić information content (AvgIpc) is 2.46. The first-order valence-corrected chi connectivity index (χ1v) is 6.75. The number of carbonyl (C=O) groups is 1. The lowest BCUT2D eigenvalue weighted by Crippen LogP contribution is -2.44. The quantitative estimate of drug-likeness (QED) is 0.764. The lowest BCUT2D eigenvalue weighted by Gasteiger charge is -2.33. The Bertz CT molecular complexity index is 419. The van der Waals surface area contributed by atoms with E-state index in [0.717, 1.165) is 31.6 Å². The third kappa shape index (κ3) is 4.09. The molecule has 1 aromatic heterocycles.